The lowest BCUT2D eigenvalue weighted by atomic mass is 9.90. The summed E-state index contributed by atoms with van der Waals surface area (Å²) < 4.78 is 0. The van der Waals surface area contributed by atoms with Crippen molar-refractivity contribution in [3.63, 3.8) is 0 Å². The van der Waals surface area contributed by atoms with Crippen LogP contribution in [-0.4, -0.2) is 23.4 Å². The van der Waals surface area contributed by atoms with E-state index in [9.17, 15) is 9.59 Å². The molecule has 0 radical (unpaired) electrons. The molecule has 5 heteroatoms. The van der Waals surface area contributed by atoms with Crippen LogP contribution in [0.2, 0.25) is 0 Å². The van der Waals surface area contributed by atoms with Crippen LogP contribution in [0.4, 0.5) is 4.79 Å². The molecule has 1 N–H and O–H groups in total. The van der Waals surface area contributed by atoms with Crippen LogP contribution in [0.5, 0.6) is 0 Å². The van der Waals surface area contributed by atoms with Crippen molar-refractivity contribution in [2.45, 2.75) is 18.9 Å². The zero-order valence-electron chi connectivity index (χ0n) is 11.7. The van der Waals surface area contributed by atoms with Crippen molar-refractivity contribution in [2.75, 3.05) is 6.54 Å². The summed E-state index contributed by atoms with van der Waals surface area (Å²) in [5, 5.41) is 6.52. The van der Waals surface area contributed by atoms with Gasteiger partial charge in [0, 0.05) is 6.54 Å². The number of amides is 3. The van der Waals surface area contributed by atoms with Crippen molar-refractivity contribution in [3.05, 3.63) is 58.3 Å². The minimum Gasteiger partial charge on any atom is -0.306 e. The number of hydrogen-bond donors (Lipinski definition) is 1. The van der Waals surface area contributed by atoms with E-state index in [1.165, 1.54) is 5.56 Å². The number of nitrogens with zero attached hydrogens (tertiary/aromatic N) is 1. The number of hydrogen-bond acceptors (Lipinski definition) is 3. The van der Waals surface area contributed by atoms with Gasteiger partial charge < -0.3 is 4.90 Å². The van der Waals surface area contributed by atoms with Crippen LogP contribution < -0.4 is 5.32 Å². The second-order valence-corrected chi connectivity index (χ2v) is 6.01. The molecule has 1 unspecified atom stereocenters. The number of nitrogens with one attached hydrogen (secondary N) is 1. The third-order valence-corrected chi connectivity index (χ3v) is 4.72. The normalized spacial score (nSPS) is 21.7. The van der Waals surface area contributed by atoms with Gasteiger partial charge in [-0.1, -0.05) is 30.3 Å². The Bertz CT molecular complexity index is 654. The molecule has 0 saturated carbocycles. The predicted octanol–water partition coefficient (Wildman–Crippen LogP) is 2.76. The molecule has 1 aromatic carbocycles. The predicted molar refractivity (Wildman–Crippen MR) is 82.1 cm³/mol. The van der Waals surface area contributed by atoms with Crippen molar-refractivity contribution in [1.82, 2.24) is 10.2 Å². The largest absolute Gasteiger partial charge is 0.325 e. The highest BCUT2D eigenvalue weighted by Gasteiger charge is 2.50. The highest BCUT2D eigenvalue weighted by Crippen LogP contribution is 2.32. The van der Waals surface area contributed by atoms with E-state index in [1.54, 1.807) is 23.2 Å². The van der Waals surface area contributed by atoms with Crippen LogP contribution in [0.1, 0.15) is 18.1 Å². The van der Waals surface area contributed by atoms with Gasteiger partial charge in [0.25, 0.3) is 5.91 Å². The fourth-order valence-corrected chi connectivity index (χ4v) is 3.37. The molecular formula is C16H16N2O2S. The number of carbonyl (C=O) groups excluding carboxylic acids is 2. The topological polar surface area (TPSA) is 49.4 Å². The van der Waals surface area contributed by atoms with Gasteiger partial charge in [0.05, 0.1) is 0 Å². The zero-order chi connectivity index (χ0) is 14.9. The molecule has 1 aliphatic heterocycles. The summed E-state index contributed by atoms with van der Waals surface area (Å²) in [6, 6.07) is 11.2. The first kappa shape index (κ1) is 13.8. The van der Waals surface area contributed by atoms with Gasteiger partial charge in [-0.05, 0) is 41.3 Å². The third kappa shape index (κ3) is 2.34. The molecule has 108 valence electrons. The third-order valence-electron chi connectivity index (χ3n) is 3.99. The Morgan fingerprint density at radius 1 is 1.19 bits per heavy atom. The maximum absolute atomic E-state index is 12.3. The van der Waals surface area contributed by atoms with Crippen LogP contribution in [0, 0.1) is 0 Å². The van der Waals surface area contributed by atoms with Gasteiger partial charge >= 0.3 is 6.03 Å². The zero-order valence-corrected chi connectivity index (χ0v) is 12.5. The summed E-state index contributed by atoms with van der Waals surface area (Å²) in [6.45, 7) is 2.32. The number of rotatable bonds is 4. The first-order valence-electron chi connectivity index (χ1n) is 6.82. The molecule has 0 bridgehead atoms. The molecule has 1 fully saturated rings. The van der Waals surface area contributed by atoms with E-state index in [4.69, 9.17) is 0 Å². The van der Waals surface area contributed by atoms with Crippen molar-refractivity contribution in [1.29, 1.82) is 0 Å². The average molecular weight is 300 g/mol. The Kier molecular flexibility index (Phi) is 3.51. The highest BCUT2D eigenvalue weighted by molar-refractivity contribution is 7.07. The van der Waals surface area contributed by atoms with E-state index in [-0.39, 0.29) is 11.9 Å². The summed E-state index contributed by atoms with van der Waals surface area (Å²) in [5.41, 5.74) is 1.08. The van der Waals surface area contributed by atoms with E-state index in [1.807, 2.05) is 41.8 Å². The number of imide groups is 1. The number of thiophene rings is 1. The van der Waals surface area contributed by atoms with E-state index in [0.717, 1.165) is 12.0 Å². The van der Waals surface area contributed by atoms with Crippen molar-refractivity contribution in [3.8, 4) is 0 Å². The fourth-order valence-electron chi connectivity index (χ4n) is 2.66. The van der Waals surface area contributed by atoms with Gasteiger partial charge in [0.15, 0.2) is 0 Å². The number of urea groups is 1. The second kappa shape index (κ2) is 5.33. The summed E-state index contributed by atoms with van der Waals surface area (Å²) in [4.78, 5) is 26.1. The Labute approximate surface area is 127 Å². The lowest BCUT2D eigenvalue weighted by Crippen LogP contribution is -2.45. The van der Waals surface area contributed by atoms with Crippen LogP contribution in [-0.2, 0) is 16.8 Å². The van der Waals surface area contributed by atoms with Gasteiger partial charge in [-0.2, -0.15) is 11.3 Å². The first-order valence-corrected chi connectivity index (χ1v) is 7.76. The SMILES string of the molecule is CC1(c2ccccc2)C(=O)NC(=O)N1CCc1ccsc1. The maximum atomic E-state index is 12.3. The smallest absolute Gasteiger partial charge is 0.306 e. The molecule has 3 rings (SSSR count). The van der Waals surface area contributed by atoms with E-state index < -0.39 is 5.54 Å². The van der Waals surface area contributed by atoms with Crippen molar-refractivity contribution >= 4 is 23.3 Å². The molecule has 1 aromatic heterocycles. The quantitative estimate of drug-likeness (QED) is 0.883. The van der Waals surface area contributed by atoms with Gasteiger partial charge in [0.2, 0.25) is 0 Å². The molecule has 2 aromatic rings. The number of carbonyl (C=O) groups is 2. The second-order valence-electron chi connectivity index (χ2n) is 5.23. The first-order chi connectivity index (χ1) is 10.1. The van der Waals surface area contributed by atoms with E-state index in [2.05, 4.69) is 10.7 Å². The lowest BCUT2D eigenvalue weighted by Gasteiger charge is -2.32. The molecule has 3 amide bonds. The molecule has 1 saturated heterocycles. The molecule has 21 heavy (non-hydrogen) atoms. The molecule has 2 heterocycles. The van der Waals surface area contributed by atoms with Gasteiger partial charge in [-0.3, -0.25) is 10.1 Å². The van der Waals surface area contributed by atoms with Crippen LogP contribution >= 0.6 is 11.3 Å². The molecular weight excluding hydrogens is 284 g/mol. The van der Waals surface area contributed by atoms with Crippen molar-refractivity contribution in [2.24, 2.45) is 0 Å². The van der Waals surface area contributed by atoms with E-state index in [0.29, 0.717) is 6.54 Å². The Balaban J connectivity index is 1.89. The van der Waals surface area contributed by atoms with Crippen molar-refractivity contribution < 1.29 is 9.59 Å². The Morgan fingerprint density at radius 3 is 2.62 bits per heavy atom. The average Bonchev–Trinajstić information content (AvgIpc) is 3.07. The molecule has 0 aliphatic carbocycles. The summed E-state index contributed by atoms with van der Waals surface area (Å²) in [7, 11) is 0. The van der Waals surface area contributed by atoms with Crippen LogP contribution in [0.3, 0.4) is 0 Å². The van der Waals surface area contributed by atoms with Crippen LogP contribution in [0.25, 0.3) is 0 Å². The molecule has 1 atom stereocenters. The Morgan fingerprint density at radius 2 is 1.95 bits per heavy atom. The minimum atomic E-state index is -0.936. The summed E-state index contributed by atoms with van der Waals surface area (Å²) >= 11 is 1.63. The van der Waals surface area contributed by atoms with Gasteiger partial charge in [-0.25, -0.2) is 4.79 Å². The Hall–Kier alpha value is -2.14. The van der Waals surface area contributed by atoms with Crippen LogP contribution in [0.15, 0.2) is 47.2 Å². The fraction of sp³-hybridized carbons (Fsp3) is 0.250. The lowest BCUT2D eigenvalue weighted by molar-refractivity contribution is -0.126. The maximum Gasteiger partial charge on any atom is 0.325 e. The van der Waals surface area contributed by atoms with Gasteiger partial charge in [-0.15, -0.1) is 0 Å². The standard InChI is InChI=1S/C16H16N2O2S/c1-16(13-5-3-2-4-6-13)14(19)17-15(20)18(16)9-7-12-8-10-21-11-12/h2-6,8,10-11H,7,9H2,1H3,(H,17,19,20). The molecule has 4 nitrogen and oxygen atoms in total. The summed E-state index contributed by atoms with van der Waals surface area (Å²) in [6.07, 6.45) is 0.743. The summed E-state index contributed by atoms with van der Waals surface area (Å²) in [5.74, 6) is -0.260. The monoisotopic (exact) mass is 300 g/mol. The highest BCUT2D eigenvalue weighted by atomic mass is 32.1. The number of benzene rings is 1. The molecule has 0 spiro atoms. The minimum absolute atomic E-state index is 0.260. The van der Waals surface area contributed by atoms with Gasteiger partial charge in [0.1, 0.15) is 5.54 Å². The van der Waals surface area contributed by atoms with E-state index >= 15 is 0 Å². The molecule has 1 aliphatic rings.